The number of carbonyl (C=O) groups is 3. The van der Waals surface area contributed by atoms with Crippen LogP contribution in [0.2, 0.25) is 0 Å². The van der Waals surface area contributed by atoms with E-state index in [1.165, 1.54) is 19.3 Å². The monoisotopic (exact) mass is 646 g/mol. The van der Waals surface area contributed by atoms with Gasteiger partial charge in [0, 0.05) is 19.3 Å². The van der Waals surface area contributed by atoms with Crippen molar-refractivity contribution >= 4 is 17.9 Å². The molecule has 0 fully saturated rings. The number of hydrogen-bond acceptors (Lipinski definition) is 10. The van der Waals surface area contributed by atoms with Crippen LogP contribution in [-0.4, -0.2) is 86.1 Å². The van der Waals surface area contributed by atoms with E-state index in [0.717, 1.165) is 64.2 Å². The molecule has 1 atom stereocenters. The number of rotatable bonds is 32. The van der Waals surface area contributed by atoms with Gasteiger partial charge in [0.15, 0.2) is 0 Å². The minimum Gasteiger partial charge on any atom is -0.465 e. The Kier molecular flexibility index (Phi) is 27.4. The van der Waals surface area contributed by atoms with Crippen LogP contribution in [0.3, 0.4) is 0 Å². The van der Waals surface area contributed by atoms with E-state index in [1.54, 1.807) is 0 Å². The summed E-state index contributed by atoms with van der Waals surface area (Å²) in [4.78, 5) is 37.2. The Morgan fingerprint density at radius 1 is 0.422 bits per heavy atom. The molecule has 0 amide bonds. The van der Waals surface area contributed by atoms with Crippen molar-refractivity contribution in [1.29, 1.82) is 0 Å². The molecule has 0 radical (unpaired) electrons. The van der Waals surface area contributed by atoms with E-state index in [4.69, 9.17) is 18.9 Å². The first-order valence-corrected chi connectivity index (χ1v) is 17.6. The maximum Gasteiger partial charge on any atom is 0.305 e. The van der Waals surface area contributed by atoms with E-state index in [0.29, 0.717) is 19.3 Å². The Bertz CT molecular complexity index is 740. The zero-order valence-electron chi connectivity index (χ0n) is 28.8. The molecule has 3 N–H and O–H groups in total. The van der Waals surface area contributed by atoms with Crippen LogP contribution < -0.4 is 0 Å². The highest BCUT2D eigenvalue weighted by Crippen LogP contribution is 2.24. The third kappa shape index (κ3) is 22.4. The predicted octanol–water partition coefficient (Wildman–Crippen LogP) is 6.05. The van der Waals surface area contributed by atoms with Gasteiger partial charge >= 0.3 is 17.9 Å². The summed E-state index contributed by atoms with van der Waals surface area (Å²) in [6.45, 7) is 3.85. The average molecular weight is 647 g/mol. The van der Waals surface area contributed by atoms with E-state index >= 15 is 0 Å². The van der Waals surface area contributed by atoms with Crippen molar-refractivity contribution in [1.82, 2.24) is 0 Å². The number of hydrogen-bond donors (Lipinski definition) is 3. The number of ether oxygens (including phenoxy) is 4. The molecule has 1 unspecified atom stereocenters. The Morgan fingerprint density at radius 3 is 1.07 bits per heavy atom. The standard InChI is InChI=1S/C35H66O10/c1-4-7-10-13-14-16-19-22-33(41)45-30-35(25-38,29-44-32(40)21-18-15-11-8-5-2)27-42-26-34(23-36,24-37)28-43-31(39)20-17-12-9-6-3/h36-38H,4-30H2,1-3H3. The Morgan fingerprint density at radius 2 is 0.711 bits per heavy atom. The highest BCUT2D eigenvalue weighted by atomic mass is 16.6. The second-order valence-corrected chi connectivity index (χ2v) is 12.8. The summed E-state index contributed by atoms with van der Waals surface area (Å²) in [6.07, 6.45) is 16.9. The molecule has 0 aromatic carbocycles. The summed E-state index contributed by atoms with van der Waals surface area (Å²) >= 11 is 0. The van der Waals surface area contributed by atoms with Gasteiger partial charge in [-0.25, -0.2) is 0 Å². The first-order chi connectivity index (χ1) is 21.8. The van der Waals surface area contributed by atoms with Gasteiger partial charge in [-0.3, -0.25) is 14.4 Å². The van der Waals surface area contributed by atoms with Gasteiger partial charge in [-0.1, -0.05) is 104 Å². The molecule has 10 heteroatoms. The van der Waals surface area contributed by atoms with Crippen LogP contribution in [0.15, 0.2) is 0 Å². The first-order valence-electron chi connectivity index (χ1n) is 17.6. The van der Waals surface area contributed by atoms with Gasteiger partial charge in [0.1, 0.15) is 19.8 Å². The highest BCUT2D eigenvalue weighted by Gasteiger charge is 2.37. The van der Waals surface area contributed by atoms with E-state index in [1.807, 2.05) is 0 Å². The minimum absolute atomic E-state index is 0.176. The van der Waals surface area contributed by atoms with Crippen LogP contribution in [0.5, 0.6) is 0 Å². The van der Waals surface area contributed by atoms with E-state index in [2.05, 4.69) is 20.8 Å². The van der Waals surface area contributed by atoms with Crippen molar-refractivity contribution in [2.24, 2.45) is 10.8 Å². The van der Waals surface area contributed by atoms with Gasteiger partial charge < -0.3 is 34.3 Å². The lowest BCUT2D eigenvalue weighted by Gasteiger charge is -2.34. The third-order valence-corrected chi connectivity index (χ3v) is 8.14. The lowest BCUT2D eigenvalue weighted by Crippen LogP contribution is -2.45. The molecule has 0 bridgehead atoms. The number of aliphatic hydroxyl groups excluding tert-OH is 3. The van der Waals surface area contributed by atoms with Crippen LogP contribution >= 0.6 is 0 Å². The minimum atomic E-state index is -1.26. The van der Waals surface area contributed by atoms with Crippen molar-refractivity contribution in [3.8, 4) is 0 Å². The zero-order valence-corrected chi connectivity index (χ0v) is 28.8. The fraction of sp³-hybridized carbons (Fsp3) is 0.914. The maximum absolute atomic E-state index is 12.5. The molecule has 0 rings (SSSR count). The van der Waals surface area contributed by atoms with Crippen LogP contribution in [0, 0.1) is 10.8 Å². The number of carbonyl (C=O) groups excluding carboxylic acids is 3. The van der Waals surface area contributed by atoms with E-state index in [-0.39, 0.29) is 52.3 Å². The zero-order chi connectivity index (χ0) is 33.7. The summed E-state index contributed by atoms with van der Waals surface area (Å²) < 4.78 is 22.3. The lowest BCUT2D eigenvalue weighted by atomic mass is 9.90. The van der Waals surface area contributed by atoms with Crippen LogP contribution in [-0.2, 0) is 33.3 Å². The molecule has 0 saturated carbocycles. The number of unbranched alkanes of at least 4 members (excludes halogenated alkanes) is 13. The number of esters is 3. The molecule has 10 nitrogen and oxygen atoms in total. The van der Waals surface area contributed by atoms with Crippen LogP contribution in [0.25, 0.3) is 0 Å². The molecule has 0 aliphatic heterocycles. The van der Waals surface area contributed by atoms with Crippen molar-refractivity contribution in [3.05, 3.63) is 0 Å². The van der Waals surface area contributed by atoms with Crippen LogP contribution in [0.1, 0.15) is 143 Å². The molecule has 0 aromatic rings. The molecule has 0 spiro atoms. The topological polar surface area (TPSA) is 149 Å². The second kappa shape index (κ2) is 28.5. The molecule has 45 heavy (non-hydrogen) atoms. The van der Waals surface area contributed by atoms with E-state index in [9.17, 15) is 29.7 Å². The largest absolute Gasteiger partial charge is 0.465 e. The van der Waals surface area contributed by atoms with Crippen molar-refractivity contribution in [2.75, 3.05) is 52.9 Å². The third-order valence-electron chi connectivity index (χ3n) is 8.14. The van der Waals surface area contributed by atoms with Gasteiger partial charge in [0.2, 0.25) is 0 Å². The fourth-order valence-electron chi connectivity index (χ4n) is 4.73. The van der Waals surface area contributed by atoms with Gasteiger partial charge in [-0.15, -0.1) is 0 Å². The normalized spacial score (nSPS) is 12.9. The van der Waals surface area contributed by atoms with Crippen molar-refractivity contribution in [3.63, 3.8) is 0 Å². The average Bonchev–Trinajstić information content (AvgIpc) is 3.05. The van der Waals surface area contributed by atoms with Crippen LogP contribution in [0.4, 0.5) is 0 Å². The Hall–Kier alpha value is -1.75. The molecule has 0 heterocycles. The van der Waals surface area contributed by atoms with Crippen molar-refractivity contribution in [2.45, 2.75) is 143 Å². The molecule has 0 aromatic heterocycles. The van der Waals surface area contributed by atoms with E-state index < -0.39 is 48.6 Å². The van der Waals surface area contributed by atoms with Gasteiger partial charge in [0.05, 0.1) is 43.9 Å². The Labute approximate surface area is 272 Å². The highest BCUT2D eigenvalue weighted by molar-refractivity contribution is 5.70. The molecule has 0 aliphatic carbocycles. The second-order valence-electron chi connectivity index (χ2n) is 12.8. The Balaban J connectivity index is 5.15. The SMILES string of the molecule is CCCCCCCCCC(=O)OCC(CO)(COCC(CO)(CO)COC(=O)CCCCCC)COC(=O)CCCCCCC. The van der Waals surface area contributed by atoms with Gasteiger partial charge in [0.25, 0.3) is 0 Å². The molecule has 0 aliphatic rings. The maximum atomic E-state index is 12.5. The lowest BCUT2D eigenvalue weighted by molar-refractivity contribution is -0.165. The molecular formula is C35H66O10. The molecular weight excluding hydrogens is 580 g/mol. The van der Waals surface area contributed by atoms with Gasteiger partial charge in [-0.2, -0.15) is 0 Å². The first kappa shape index (κ1) is 43.2. The summed E-state index contributed by atoms with van der Waals surface area (Å²) in [5.74, 6) is -1.20. The summed E-state index contributed by atoms with van der Waals surface area (Å²) in [6, 6.07) is 0. The fourth-order valence-corrected chi connectivity index (χ4v) is 4.73. The quantitative estimate of drug-likeness (QED) is 0.0448. The predicted molar refractivity (Wildman–Crippen MR) is 175 cm³/mol. The smallest absolute Gasteiger partial charge is 0.305 e. The van der Waals surface area contributed by atoms with Crippen molar-refractivity contribution < 1.29 is 48.7 Å². The summed E-state index contributed by atoms with van der Waals surface area (Å²) in [7, 11) is 0. The summed E-state index contributed by atoms with van der Waals surface area (Å²) in [5.41, 5.74) is -2.50. The summed E-state index contributed by atoms with van der Waals surface area (Å²) in [5, 5.41) is 30.5. The van der Waals surface area contributed by atoms with Gasteiger partial charge in [-0.05, 0) is 19.3 Å². The number of aliphatic hydroxyl groups is 3. The molecule has 0 saturated heterocycles. The molecule has 266 valence electrons.